The smallest absolute Gasteiger partial charge is 0.228 e. The summed E-state index contributed by atoms with van der Waals surface area (Å²) in [5.41, 5.74) is 4.24. The minimum absolute atomic E-state index is 0.00414. The number of likely N-dealkylation sites (tertiary alicyclic amines) is 1. The summed E-state index contributed by atoms with van der Waals surface area (Å²) in [6.45, 7) is 6.54. The molecule has 2 aromatic rings. The van der Waals surface area contributed by atoms with Crippen LogP contribution >= 0.6 is 23.2 Å². The first-order valence-corrected chi connectivity index (χ1v) is 9.72. The highest BCUT2D eigenvalue weighted by Crippen LogP contribution is 2.26. The third kappa shape index (κ3) is 4.79. The predicted octanol–water partition coefficient (Wildman–Crippen LogP) is 5.46. The molecule has 0 spiro atoms. The van der Waals surface area contributed by atoms with Crippen molar-refractivity contribution in [1.29, 1.82) is 0 Å². The zero-order valence-corrected chi connectivity index (χ0v) is 16.7. The largest absolute Gasteiger partial charge is 0.326 e. The van der Waals surface area contributed by atoms with Crippen molar-refractivity contribution in [3.63, 3.8) is 0 Å². The first kappa shape index (κ1) is 19.2. The first-order valence-electron chi connectivity index (χ1n) is 8.97. The second-order valence-corrected chi connectivity index (χ2v) is 7.96. The molecule has 26 heavy (non-hydrogen) atoms. The molecule has 3 nitrogen and oxygen atoms in total. The predicted molar refractivity (Wildman–Crippen MR) is 109 cm³/mol. The lowest BCUT2D eigenvalue weighted by molar-refractivity contribution is -0.121. The molecule has 0 aromatic heterocycles. The second-order valence-electron chi connectivity index (χ2n) is 7.12. The highest BCUT2D eigenvalue weighted by molar-refractivity contribution is 6.35. The number of piperidine rings is 1. The Morgan fingerprint density at radius 3 is 2.73 bits per heavy atom. The van der Waals surface area contributed by atoms with Gasteiger partial charge in [-0.05, 0) is 62.6 Å². The molecule has 1 atom stereocenters. The summed E-state index contributed by atoms with van der Waals surface area (Å²) in [7, 11) is 0. The molecular weight excluding hydrogens is 367 g/mol. The van der Waals surface area contributed by atoms with Crippen molar-refractivity contribution in [2.75, 3.05) is 18.4 Å². The van der Waals surface area contributed by atoms with Crippen molar-refractivity contribution in [2.24, 2.45) is 5.92 Å². The Morgan fingerprint density at radius 2 is 2.00 bits per heavy atom. The summed E-state index contributed by atoms with van der Waals surface area (Å²) < 4.78 is 0. The molecule has 0 aliphatic carbocycles. The topological polar surface area (TPSA) is 32.3 Å². The lowest BCUT2D eigenvalue weighted by atomic mass is 9.96. The minimum Gasteiger partial charge on any atom is -0.326 e. The quantitative estimate of drug-likeness (QED) is 0.751. The second kappa shape index (κ2) is 8.43. The van der Waals surface area contributed by atoms with Gasteiger partial charge in [0.2, 0.25) is 5.91 Å². The van der Waals surface area contributed by atoms with E-state index in [4.69, 9.17) is 23.2 Å². The molecule has 0 unspecified atom stereocenters. The summed E-state index contributed by atoms with van der Waals surface area (Å²) in [6.07, 6.45) is 1.93. The van der Waals surface area contributed by atoms with Crippen LogP contribution in [0.2, 0.25) is 10.0 Å². The summed E-state index contributed by atoms with van der Waals surface area (Å²) in [5, 5.41) is 4.42. The Labute approximate surface area is 165 Å². The SMILES string of the molecule is Cc1ccc(NC(=O)[C@@H]2CCCN(Cc3ccc(Cl)cc3Cl)C2)c(C)c1. The number of benzene rings is 2. The van der Waals surface area contributed by atoms with Gasteiger partial charge >= 0.3 is 0 Å². The standard InChI is InChI=1S/C21H24Cl2N2O/c1-14-5-8-20(15(2)10-14)24-21(26)17-4-3-9-25(13-17)12-16-6-7-18(22)11-19(16)23/h5-8,10-11,17H,3-4,9,12-13H2,1-2H3,(H,24,26)/t17-/m1/s1. The van der Waals surface area contributed by atoms with E-state index in [2.05, 4.69) is 23.2 Å². The lowest BCUT2D eigenvalue weighted by Gasteiger charge is -2.32. The Bertz CT molecular complexity index is 807. The third-order valence-corrected chi connectivity index (χ3v) is 5.51. The fourth-order valence-electron chi connectivity index (χ4n) is 3.49. The average Bonchev–Trinajstić information content (AvgIpc) is 2.60. The number of rotatable bonds is 4. The number of halogens is 2. The Balaban J connectivity index is 1.63. The van der Waals surface area contributed by atoms with E-state index in [-0.39, 0.29) is 11.8 Å². The lowest BCUT2D eigenvalue weighted by Crippen LogP contribution is -2.40. The highest BCUT2D eigenvalue weighted by Gasteiger charge is 2.26. The van der Waals surface area contributed by atoms with Crippen LogP contribution in [0, 0.1) is 19.8 Å². The molecule has 1 amide bonds. The van der Waals surface area contributed by atoms with E-state index in [9.17, 15) is 4.79 Å². The number of aryl methyl sites for hydroxylation is 2. The zero-order chi connectivity index (χ0) is 18.7. The summed E-state index contributed by atoms with van der Waals surface area (Å²) >= 11 is 12.3. The average molecular weight is 391 g/mol. The van der Waals surface area contributed by atoms with Gasteiger partial charge in [0.25, 0.3) is 0 Å². The van der Waals surface area contributed by atoms with Gasteiger partial charge < -0.3 is 5.32 Å². The summed E-state index contributed by atoms with van der Waals surface area (Å²) in [6, 6.07) is 11.7. The van der Waals surface area contributed by atoms with Crippen LogP contribution in [-0.2, 0) is 11.3 Å². The van der Waals surface area contributed by atoms with Crippen molar-refractivity contribution >= 4 is 34.8 Å². The maximum Gasteiger partial charge on any atom is 0.228 e. The number of hydrogen-bond donors (Lipinski definition) is 1. The van der Waals surface area contributed by atoms with Crippen LogP contribution in [0.1, 0.15) is 29.5 Å². The molecule has 1 saturated heterocycles. The zero-order valence-electron chi connectivity index (χ0n) is 15.2. The van der Waals surface area contributed by atoms with E-state index in [0.29, 0.717) is 10.0 Å². The van der Waals surface area contributed by atoms with Gasteiger partial charge in [-0.1, -0.05) is 47.0 Å². The van der Waals surface area contributed by atoms with Crippen molar-refractivity contribution in [2.45, 2.75) is 33.2 Å². The van der Waals surface area contributed by atoms with Gasteiger partial charge in [-0.15, -0.1) is 0 Å². The van der Waals surface area contributed by atoms with Gasteiger partial charge in [0.05, 0.1) is 5.92 Å². The van der Waals surface area contributed by atoms with Crippen molar-refractivity contribution in [3.05, 3.63) is 63.1 Å². The van der Waals surface area contributed by atoms with Crippen LogP contribution in [-0.4, -0.2) is 23.9 Å². The molecule has 3 rings (SSSR count). The fourth-order valence-corrected chi connectivity index (χ4v) is 3.96. The number of nitrogens with zero attached hydrogens (tertiary/aromatic N) is 1. The minimum atomic E-state index is -0.00414. The number of carbonyl (C=O) groups excluding carboxylic acids is 1. The number of carbonyl (C=O) groups is 1. The molecule has 1 heterocycles. The van der Waals surface area contributed by atoms with Gasteiger partial charge in [0.15, 0.2) is 0 Å². The van der Waals surface area contributed by atoms with Gasteiger partial charge in [0.1, 0.15) is 0 Å². The van der Waals surface area contributed by atoms with Gasteiger partial charge in [-0.3, -0.25) is 9.69 Å². The van der Waals surface area contributed by atoms with Gasteiger partial charge in [-0.2, -0.15) is 0 Å². The molecule has 1 N–H and O–H groups in total. The van der Waals surface area contributed by atoms with Crippen LogP contribution in [0.3, 0.4) is 0 Å². The van der Waals surface area contributed by atoms with E-state index in [1.54, 1.807) is 6.07 Å². The Kier molecular flexibility index (Phi) is 6.23. The highest BCUT2D eigenvalue weighted by atomic mass is 35.5. The maximum atomic E-state index is 12.7. The van der Waals surface area contributed by atoms with Crippen molar-refractivity contribution in [1.82, 2.24) is 4.90 Å². The van der Waals surface area contributed by atoms with Crippen LogP contribution in [0.25, 0.3) is 0 Å². The van der Waals surface area contributed by atoms with E-state index in [1.165, 1.54) is 5.56 Å². The van der Waals surface area contributed by atoms with E-state index in [0.717, 1.165) is 49.3 Å². The molecule has 1 aliphatic heterocycles. The third-order valence-electron chi connectivity index (χ3n) is 4.93. The number of hydrogen-bond acceptors (Lipinski definition) is 2. The molecule has 138 valence electrons. The molecular formula is C21H24Cl2N2O. The number of nitrogens with one attached hydrogen (secondary N) is 1. The van der Waals surface area contributed by atoms with Gasteiger partial charge in [0, 0.05) is 28.8 Å². The first-order chi connectivity index (χ1) is 12.4. The summed E-state index contributed by atoms with van der Waals surface area (Å²) in [5.74, 6) is 0.0967. The van der Waals surface area contributed by atoms with Crippen LogP contribution < -0.4 is 5.32 Å². The molecule has 0 saturated carbocycles. The maximum absolute atomic E-state index is 12.7. The molecule has 0 bridgehead atoms. The van der Waals surface area contributed by atoms with Gasteiger partial charge in [-0.25, -0.2) is 0 Å². The van der Waals surface area contributed by atoms with Crippen molar-refractivity contribution < 1.29 is 4.79 Å². The van der Waals surface area contributed by atoms with Crippen molar-refractivity contribution in [3.8, 4) is 0 Å². The monoisotopic (exact) mass is 390 g/mol. The number of anilines is 1. The van der Waals surface area contributed by atoms with E-state index < -0.39 is 0 Å². The normalized spacial score (nSPS) is 17.9. The molecule has 0 radical (unpaired) electrons. The van der Waals surface area contributed by atoms with Crippen LogP contribution in [0.5, 0.6) is 0 Å². The fraction of sp³-hybridized carbons (Fsp3) is 0.381. The van der Waals surface area contributed by atoms with E-state index in [1.807, 2.05) is 31.2 Å². The van der Waals surface area contributed by atoms with E-state index >= 15 is 0 Å². The number of amides is 1. The van der Waals surface area contributed by atoms with Crippen LogP contribution in [0.15, 0.2) is 36.4 Å². The molecule has 5 heteroatoms. The molecule has 1 fully saturated rings. The molecule has 1 aliphatic rings. The van der Waals surface area contributed by atoms with Crippen LogP contribution in [0.4, 0.5) is 5.69 Å². The molecule has 2 aromatic carbocycles. The Morgan fingerprint density at radius 1 is 1.19 bits per heavy atom. The Hall–Kier alpha value is -1.55. The summed E-state index contributed by atoms with van der Waals surface area (Å²) in [4.78, 5) is 15.0.